The van der Waals surface area contributed by atoms with Gasteiger partial charge in [0.15, 0.2) is 6.29 Å². The molecule has 0 heterocycles. The zero-order valence-electron chi connectivity index (χ0n) is 7.17. The van der Waals surface area contributed by atoms with Crippen LogP contribution in [0.15, 0.2) is 0 Å². The largest absolute Gasteiger partial charge is 0.368 e. The van der Waals surface area contributed by atoms with Crippen molar-refractivity contribution in [1.29, 1.82) is 0 Å². The SMILES string of the molecule is CCC(Cl)NC(C)OC(C)O. The molecule has 0 aliphatic rings. The molecule has 3 atom stereocenters. The molecule has 0 amide bonds. The van der Waals surface area contributed by atoms with Gasteiger partial charge in [-0.2, -0.15) is 0 Å². The average Bonchev–Trinajstić information content (AvgIpc) is 1.85. The minimum atomic E-state index is -0.752. The van der Waals surface area contributed by atoms with E-state index in [0.29, 0.717) is 0 Å². The zero-order chi connectivity index (χ0) is 8.85. The number of aliphatic hydroxyl groups excluding tert-OH is 1. The van der Waals surface area contributed by atoms with E-state index in [1.54, 1.807) is 13.8 Å². The Bertz CT molecular complexity index is 100. The maximum absolute atomic E-state index is 8.80. The summed E-state index contributed by atoms with van der Waals surface area (Å²) in [5, 5.41) is 11.7. The lowest BCUT2D eigenvalue weighted by molar-refractivity contribution is -0.128. The van der Waals surface area contributed by atoms with E-state index in [9.17, 15) is 0 Å². The molecule has 11 heavy (non-hydrogen) atoms. The molecular formula is C7H16ClNO2. The van der Waals surface area contributed by atoms with Gasteiger partial charge in [-0.1, -0.05) is 6.92 Å². The molecule has 0 spiro atoms. The van der Waals surface area contributed by atoms with Crippen LogP contribution in [-0.2, 0) is 4.74 Å². The molecule has 0 aromatic carbocycles. The van der Waals surface area contributed by atoms with Crippen molar-refractivity contribution in [2.75, 3.05) is 0 Å². The van der Waals surface area contributed by atoms with E-state index in [-0.39, 0.29) is 11.7 Å². The van der Waals surface area contributed by atoms with E-state index in [4.69, 9.17) is 21.4 Å². The van der Waals surface area contributed by atoms with Crippen molar-refractivity contribution in [2.24, 2.45) is 0 Å². The van der Waals surface area contributed by atoms with Gasteiger partial charge in [-0.05, 0) is 20.3 Å². The Balaban J connectivity index is 3.43. The number of hydrogen-bond acceptors (Lipinski definition) is 3. The number of ether oxygens (including phenoxy) is 1. The number of hydrogen-bond donors (Lipinski definition) is 2. The molecule has 68 valence electrons. The topological polar surface area (TPSA) is 41.5 Å². The highest BCUT2D eigenvalue weighted by molar-refractivity contribution is 6.20. The average molecular weight is 182 g/mol. The predicted molar refractivity (Wildman–Crippen MR) is 45.3 cm³/mol. The van der Waals surface area contributed by atoms with Gasteiger partial charge in [-0.15, -0.1) is 11.6 Å². The van der Waals surface area contributed by atoms with E-state index >= 15 is 0 Å². The number of aliphatic hydroxyl groups is 1. The van der Waals surface area contributed by atoms with Crippen LogP contribution in [0.25, 0.3) is 0 Å². The van der Waals surface area contributed by atoms with Gasteiger partial charge < -0.3 is 9.84 Å². The summed E-state index contributed by atoms with van der Waals surface area (Å²) in [7, 11) is 0. The second-order valence-corrected chi connectivity index (χ2v) is 2.95. The van der Waals surface area contributed by atoms with E-state index in [2.05, 4.69) is 5.32 Å². The first-order valence-electron chi connectivity index (χ1n) is 3.80. The normalized spacial score (nSPS) is 19.4. The third-order valence-corrected chi connectivity index (χ3v) is 1.61. The fourth-order valence-electron chi connectivity index (χ4n) is 0.707. The quantitative estimate of drug-likeness (QED) is 0.381. The standard InChI is InChI=1S/C7H16ClNO2/c1-4-7(8)9-5(2)11-6(3)10/h5-7,9-10H,4H2,1-3H3. The Labute approximate surface area is 72.7 Å². The lowest BCUT2D eigenvalue weighted by Crippen LogP contribution is -2.36. The molecule has 0 bridgehead atoms. The molecule has 0 aliphatic heterocycles. The summed E-state index contributed by atoms with van der Waals surface area (Å²) in [6.45, 7) is 5.34. The maximum Gasteiger partial charge on any atom is 0.153 e. The number of rotatable bonds is 5. The van der Waals surface area contributed by atoms with Crippen LogP contribution in [0.2, 0.25) is 0 Å². The number of alkyl halides is 1. The molecule has 2 N–H and O–H groups in total. The highest BCUT2D eigenvalue weighted by Gasteiger charge is 2.08. The van der Waals surface area contributed by atoms with Gasteiger partial charge in [0.05, 0.1) is 5.50 Å². The molecule has 0 rings (SSSR count). The summed E-state index contributed by atoms with van der Waals surface area (Å²) >= 11 is 5.77. The van der Waals surface area contributed by atoms with Gasteiger partial charge in [0.2, 0.25) is 0 Å². The number of halogens is 1. The minimum absolute atomic E-state index is 0.0938. The van der Waals surface area contributed by atoms with Crippen molar-refractivity contribution in [3.05, 3.63) is 0 Å². The van der Waals surface area contributed by atoms with E-state index in [1.807, 2.05) is 6.92 Å². The van der Waals surface area contributed by atoms with Crippen molar-refractivity contribution >= 4 is 11.6 Å². The van der Waals surface area contributed by atoms with Gasteiger partial charge in [-0.25, -0.2) is 0 Å². The summed E-state index contributed by atoms with van der Waals surface area (Å²) in [6.07, 6.45) is -0.134. The molecule has 0 saturated heterocycles. The molecule has 0 aromatic rings. The lowest BCUT2D eigenvalue weighted by atomic mass is 10.4. The summed E-state index contributed by atoms with van der Waals surface area (Å²) in [5.41, 5.74) is -0.0938. The van der Waals surface area contributed by atoms with Gasteiger partial charge in [-0.3, -0.25) is 5.32 Å². The van der Waals surface area contributed by atoms with Gasteiger partial charge >= 0.3 is 0 Å². The van der Waals surface area contributed by atoms with E-state index in [0.717, 1.165) is 6.42 Å². The fraction of sp³-hybridized carbons (Fsp3) is 1.00. The van der Waals surface area contributed by atoms with Crippen LogP contribution in [0.1, 0.15) is 27.2 Å². The first kappa shape index (κ1) is 11.2. The van der Waals surface area contributed by atoms with Crippen molar-refractivity contribution in [1.82, 2.24) is 5.32 Å². The number of nitrogens with one attached hydrogen (secondary N) is 1. The van der Waals surface area contributed by atoms with Crippen LogP contribution in [0.4, 0.5) is 0 Å². The van der Waals surface area contributed by atoms with Crippen LogP contribution >= 0.6 is 11.6 Å². The molecule has 3 nitrogen and oxygen atoms in total. The highest BCUT2D eigenvalue weighted by Crippen LogP contribution is 2.00. The predicted octanol–water partition coefficient (Wildman–Crippen LogP) is 1.25. The Morgan fingerprint density at radius 2 is 2.09 bits per heavy atom. The van der Waals surface area contributed by atoms with Crippen molar-refractivity contribution < 1.29 is 9.84 Å². The molecule has 0 fully saturated rings. The second-order valence-electron chi connectivity index (χ2n) is 2.42. The van der Waals surface area contributed by atoms with Crippen molar-refractivity contribution in [3.63, 3.8) is 0 Å². The summed E-state index contributed by atoms with van der Waals surface area (Å²) in [5.74, 6) is 0. The Kier molecular flexibility index (Phi) is 5.86. The van der Waals surface area contributed by atoms with Crippen molar-refractivity contribution in [3.8, 4) is 0 Å². The summed E-state index contributed by atoms with van der Waals surface area (Å²) in [4.78, 5) is 0. The Morgan fingerprint density at radius 1 is 1.55 bits per heavy atom. The smallest absolute Gasteiger partial charge is 0.153 e. The monoisotopic (exact) mass is 181 g/mol. The Morgan fingerprint density at radius 3 is 2.45 bits per heavy atom. The first-order valence-corrected chi connectivity index (χ1v) is 4.23. The van der Waals surface area contributed by atoms with Gasteiger partial charge in [0.25, 0.3) is 0 Å². The van der Waals surface area contributed by atoms with Gasteiger partial charge in [0.1, 0.15) is 6.23 Å². The second kappa shape index (κ2) is 5.77. The zero-order valence-corrected chi connectivity index (χ0v) is 7.93. The highest BCUT2D eigenvalue weighted by atomic mass is 35.5. The molecule has 0 aliphatic carbocycles. The summed E-state index contributed by atoms with van der Waals surface area (Å²) in [6, 6.07) is 0. The maximum atomic E-state index is 8.80. The van der Waals surface area contributed by atoms with Crippen LogP contribution in [0.5, 0.6) is 0 Å². The van der Waals surface area contributed by atoms with E-state index in [1.165, 1.54) is 0 Å². The summed E-state index contributed by atoms with van der Waals surface area (Å²) < 4.78 is 4.98. The van der Waals surface area contributed by atoms with E-state index < -0.39 is 6.29 Å². The third-order valence-electron chi connectivity index (χ3n) is 1.18. The molecule has 0 saturated carbocycles. The van der Waals surface area contributed by atoms with Crippen LogP contribution in [-0.4, -0.2) is 23.1 Å². The molecule has 4 heteroatoms. The van der Waals surface area contributed by atoms with Gasteiger partial charge in [0, 0.05) is 0 Å². The minimum Gasteiger partial charge on any atom is -0.368 e. The van der Waals surface area contributed by atoms with Crippen LogP contribution in [0.3, 0.4) is 0 Å². The lowest BCUT2D eigenvalue weighted by Gasteiger charge is -2.19. The van der Waals surface area contributed by atoms with Crippen LogP contribution in [0, 0.1) is 0 Å². The Hall–Kier alpha value is 0.170. The fourth-order valence-corrected chi connectivity index (χ4v) is 0.885. The van der Waals surface area contributed by atoms with Crippen molar-refractivity contribution in [2.45, 2.75) is 45.2 Å². The first-order chi connectivity index (χ1) is 5.06. The molecular weight excluding hydrogens is 166 g/mol. The molecule has 0 radical (unpaired) electrons. The molecule has 0 aromatic heterocycles. The third kappa shape index (κ3) is 6.56. The molecule has 3 unspecified atom stereocenters. The van der Waals surface area contributed by atoms with Crippen LogP contribution < -0.4 is 5.32 Å².